The molecule has 0 rings (SSSR count). The molecule has 2 N–H and O–H groups in total. The lowest BCUT2D eigenvalue weighted by Gasteiger charge is -2.11. The minimum Gasteiger partial charge on any atom is -0.324 e. The maximum absolute atomic E-state index is 10.6. The molecule has 0 spiro atoms. The molecule has 0 amide bonds. The summed E-state index contributed by atoms with van der Waals surface area (Å²) in [6.07, 6.45) is 0. The van der Waals surface area contributed by atoms with E-state index in [1.807, 2.05) is 0 Å². The zero-order chi connectivity index (χ0) is 9.12. The van der Waals surface area contributed by atoms with Gasteiger partial charge in [0.15, 0.2) is 0 Å². The smallest absolute Gasteiger partial charge is 0.324 e. The van der Waals surface area contributed by atoms with E-state index >= 15 is 0 Å². The van der Waals surface area contributed by atoms with Crippen molar-refractivity contribution in [1.82, 2.24) is 0 Å². The van der Waals surface area contributed by atoms with Crippen LogP contribution in [-0.4, -0.2) is 23.1 Å². The summed E-state index contributed by atoms with van der Waals surface area (Å²) in [5.41, 5.74) is 0. The van der Waals surface area contributed by atoms with E-state index in [-0.39, 0.29) is 6.61 Å². The molecule has 0 aliphatic carbocycles. The van der Waals surface area contributed by atoms with Gasteiger partial charge in [-0.25, -0.2) is 8.88 Å². The van der Waals surface area contributed by atoms with Crippen molar-refractivity contribution in [3.63, 3.8) is 0 Å². The third-order valence-electron chi connectivity index (χ3n) is 0.547. The van der Waals surface area contributed by atoms with E-state index < -0.39 is 15.4 Å². The predicted molar refractivity (Wildman–Crippen MR) is 38.3 cm³/mol. The van der Waals surface area contributed by atoms with Crippen molar-refractivity contribution in [2.75, 3.05) is 13.3 Å². The number of hydrogen-bond donors (Lipinski definition) is 2. The van der Waals surface area contributed by atoms with Crippen molar-refractivity contribution in [1.29, 1.82) is 0 Å². The third-order valence-corrected chi connectivity index (χ3v) is 3.17. The van der Waals surface area contributed by atoms with Crippen LogP contribution in [0.15, 0.2) is 0 Å². The molecule has 0 aliphatic heterocycles. The summed E-state index contributed by atoms with van der Waals surface area (Å²) < 4.78 is 29.1. The summed E-state index contributed by atoms with van der Waals surface area (Å²) in [4.78, 5) is 17.1. The first-order chi connectivity index (χ1) is 4.77. The van der Waals surface area contributed by atoms with Crippen LogP contribution >= 0.6 is 15.4 Å². The molecule has 0 aromatic carbocycles. The molecule has 6 nitrogen and oxygen atoms in total. The van der Waals surface area contributed by atoms with Crippen LogP contribution in [0.25, 0.3) is 0 Å². The van der Waals surface area contributed by atoms with Crippen molar-refractivity contribution in [3.05, 3.63) is 0 Å². The summed E-state index contributed by atoms with van der Waals surface area (Å²) >= 11 is 0. The van der Waals surface area contributed by atoms with E-state index in [1.54, 1.807) is 0 Å². The largest absolute Gasteiger partial charge is 0.479 e. The fourth-order valence-electron chi connectivity index (χ4n) is 0.378. The molecule has 68 valence electrons. The lowest BCUT2D eigenvalue weighted by atomic mass is 10.9. The number of phosphoric acid groups is 1. The Morgan fingerprint density at radius 2 is 1.82 bits per heavy atom. The van der Waals surface area contributed by atoms with Crippen LogP contribution < -0.4 is 0 Å². The van der Waals surface area contributed by atoms with E-state index in [0.29, 0.717) is 0 Å². The van der Waals surface area contributed by atoms with E-state index in [2.05, 4.69) is 8.83 Å². The first-order valence-electron chi connectivity index (χ1n) is 2.76. The Labute approximate surface area is 64.3 Å². The molecular formula is C3H10O6P2. The maximum atomic E-state index is 10.6. The summed E-state index contributed by atoms with van der Waals surface area (Å²) in [5.74, 6) is 0. The van der Waals surface area contributed by atoms with Gasteiger partial charge in [0.1, 0.15) is 0 Å². The molecule has 0 fully saturated rings. The Morgan fingerprint density at radius 3 is 2.09 bits per heavy atom. The Morgan fingerprint density at radius 1 is 1.36 bits per heavy atom. The summed E-state index contributed by atoms with van der Waals surface area (Å²) in [6, 6.07) is 0. The second-order valence-electron chi connectivity index (χ2n) is 1.77. The van der Waals surface area contributed by atoms with Gasteiger partial charge in [-0.1, -0.05) is 0 Å². The Balaban J connectivity index is 4.14. The van der Waals surface area contributed by atoms with Crippen LogP contribution in [0, 0.1) is 0 Å². The standard InChI is InChI=1S/C3H10O6P2/c1-3-8-11(6,7)9-10(2,4)5/h3H2,1-2H3,(H,4,5)(H,6,7). The van der Waals surface area contributed by atoms with Crippen molar-refractivity contribution in [2.24, 2.45) is 0 Å². The van der Waals surface area contributed by atoms with Crippen LogP contribution in [0.4, 0.5) is 0 Å². The van der Waals surface area contributed by atoms with Gasteiger partial charge in [0.25, 0.3) is 0 Å². The molecule has 0 aromatic rings. The van der Waals surface area contributed by atoms with Gasteiger partial charge in [0.05, 0.1) is 6.61 Å². The molecule has 0 aromatic heterocycles. The highest BCUT2D eigenvalue weighted by Gasteiger charge is 2.28. The van der Waals surface area contributed by atoms with Crippen LogP contribution in [0.1, 0.15) is 6.92 Å². The molecule has 8 heteroatoms. The molecule has 0 radical (unpaired) electrons. The monoisotopic (exact) mass is 204 g/mol. The van der Waals surface area contributed by atoms with Gasteiger partial charge in [-0.15, -0.1) is 0 Å². The highest BCUT2D eigenvalue weighted by atomic mass is 31.3. The minimum absolute atomic E-state index is 0.0617. The molecular weight excluding hydrogens is 194 g/mol. The molecule has 0 saturated carbocycles. The Hall–Kier alpha value is 0.300. The average molecular weight is 204 g/mol. The van der Waals surface area contributed by atoms with Gasteiger partial charge in [-0.3, -0.25) is 9.09 Å². The summed E-state index contributed by atoms with van der Waals surface area (Å²) in [7, 11) is -8.28. The molecule has 2 unspecified atom stereocenters. The first-order valence-corrected chi connectivity index (χ1v) is 6.28. The van der Waals surface area contributed by atoms with E-state index in [9.17, 15) is 9.13 Å². The first kappa shape index (κ1) is 11.3. The van der Waals surface area contributed by atoms with Crippen LogP contribution in [0.5, 0.6) is 0 Å². The molecule has 11 heavy (non-hydrogen) atoms. The van der Waals surface area contributed by atoms with Gasteiger partial charge < -0.3 is 9.79 Å². The summed E-state index contributed by atoms with van der Waals surface area (Å²) in [6.45, 7) is 2.20. The molecule has 0 heterocycles. The summed E-state index contributed by atoms with van der Waals surface area (Å²) in [5, 5.41) is 0. The van der Waals surface area contributed by atoms with Crippen LogP contribution in [0.3, 0.4) is 0 Å². The fraction of sp³-hybridized carbons (Fsp3) is 1.00. The fourth-order valence-corrected chi connectivity index (χ4v) is 2.42. The Bertz CT molecular complexity index is 206. The number of rotatable bonds is 4. The zero-order valence-electron chi connectivity index (χ0n) is 6.13. The lowest BCUT2D eigenvalue weighted by molar-refractivity contribution is 0.205. The zero-order valence-corrected chi connectivity index (χ0v) is 7.92. The maximum Gasteiger partial charge on any atom is 0.479 e. The number of hydrogen-bond acceptors (Lipinski definition) is 4. The van der Waals surface area contributed by atoms with Crippen molar-refractivity contribution < 1.29 is 27.8 Å². The third kappa shape index (κ3) is 6.69. The lowest BCUT2D eigenvalue weighted by Crippen LogP contribution is -1.92. The van der Waals surface area contributed by atoms with Gasteiger partial charge >= 0.3 is 15.4 Å². The molecule has 2 atom stereocenters. The second kappa shape index (κ2) is 3.81. The van der Waals surface area contributed by atoms with Crippen molar-refractivity contribution in [3.8, 4) is 0 Å². The van der Waals surface area contributed by atoms with Crippen molar-refractivity contribution in [2.45, 2.75) is 6.92 Å². The Kier molecular flexibility index (Phi) is 3.91. The highest BCUT2D eigenvalue weighted by Crippen LogP contribution is 2.57. The van der Waals surface area contributed by atoms with Crippen molar-refractivity contribution >= 4 is 15.4 Å². The predicted octanol–water partition coefficient (Wildman–Crippen LogP) is 0.955. The molecule has 0 bridgehead atoms. The van der Waals surface area contributed by atoms with Gasteiger partial charge in [0, 0.05) is 6.66 Å². The van der Waals surface area contributed by atoms with E-state index in [1.165, 1.54) is 6.92 Å². The van der Waals surface area contributed by atoms with Crippen LogP contribution in [0.2, 0.25) is 0 Å². The second-order valence-corrected chi connectivity index (χ2v) is 5.23. The average Bonchev–Trinajstić information content (AvgIpc) is 1.55. The topological polar surface area (TPSA) is 93.1 Å². The van der Waals surface area contributed by atoms with Gasteiger partial charge in [-0.05, 0) is 6.92 Å². The normalized spacial score (nSPS) is 22.2. The van der Waals surface area contributed by atoms with Gasteiger partial charge in [0.2, 0.25) is 0 Å². The number of phosphoric ester groups is 1. The highest BCUT2D eigenvalue weighted by molar-refractivity contribution is 7.63. The van der Waals surface area contributed by atoms with Gasteiger partial charge in [-0.2, -0.15) is 0 Å². The molecule has 0 aliphatic rings. The quantitative estimate of drug-likeness (QED) is 0.662. The minimum atomic E-state index is -4.33. The van der Waals surface area contributed by atoms with Crippen LogP contribution in [-0.2, 0) is 18.0 Å². The van der Waals surface area contributed by atoms with E-state index in [4.69, 9.17) is 9.79 Å². The SMILES string of the molecule is CCOP(=O)(O)OP(C)(=O)O. The van der Waals surface area contributed by atoms with E-state index in [0.717, 1.165) is 6.66 Å². The molecule has 0 saturated heterocycles.